The molecule has 2 aromatic heterocycles. The Kier molecular flexibility index (Phi) is 8.83. The number of rotatable bonds is 5. The number of hydrogen-bond donors (Lipinski definition) is 0. The third-order valence-electron chi connectivity index (χ3n) is 11.6. The molecule has 52 heavy (non-hydrogen) atoms. The molecular formula is C41H53N7O4. The number of carbonyl (C=O) groups is 1. The van der Waals surface area contributed by atoms with E-state index in [1.54, 1.807) is 0 Å². The number of likely N-dealkylation sites (tertiary alicyclic amines) is 1. The number of aromatic nitrogens is 4. The van der Waals surface area contributed by atoms with Gasteiger partial charge in [0.2, 0.25) is 0 Å². The molecule has 3 fully saturated rings. The molecule has 0 N–H and O–H groups in total. The summed E-state index contributed by atoms with van der Waals surface area (Å²) in [5.41, 5.74) is 7.00. The topological polar surface area (TPSA) is 98.0 Å². The maximum atomic E-state index is 14.4. The van der Waals surface area contributed by atoms with Crippen LogP contribution in [0.15, 0.2) is 47.4 Å². The smallest absolute Gasteiger partial charge is 0.410 e. The Morgan fingerprint density at radius 1 is 1.02 bits per heavy atom. The van der Waals surface area contributed by atoms with Gasteiger partial charge in [0.15, 0.2) is 6.23 Å². The third-order valence-corrected chi connectivity index (χ3v) is 11.6. The molecule has 1 amide bonds. The van der Waals surface area contributed by atoms with Crippen LogP contribution in [-0.2, 0) is 22.4 Å². The molecule has 6 heterocycles. The van der Waals surface area contributed by atoms with Crippen molar-refractivity contribution in [1.29, 1.82) is 0 Å². The van der Waals surface area contributed by atoms with Crippen molar-refractivity contribution in [2.45, 2.75) is 104 Å². The fourth-order valence-electron chi connectivity index (χ4n) is 8.91. The maximum Gasteiger partial charge on any atom is 0.410 e. The maximum absolute atomic E-state index is 14.4. The Labute approximate surface area is 306 Å². The number of amides is 1. The van der Waals surface area contributed by atoms with Gasteiger partial charge in [0.25, 0.3) is 0 Å². The molecule has 0 aliphatic carbocycles. The molecule has 4 aliphatic rings. The largest absolute Gasteiger partial charge is 0.444 e. The monoisotopic (exact) mass is 707 g/mol. The second-order valence-corrected chi connectivity index (χ2v) is 16.8. The van der Waals surface area contributed by atoms with E-state index in [4.69, 9.17) is 19.6 Å². The zero-order chi connectivity index (χ0) is 36.4. The van der Waals surface area contributed by atoms with Crippen LogP contribution >= 0.6 is 0 Å². The zero-order valence-electron chi connectivity index (χ0n) is 31.7. The molecule has 0 radical (unpaired) electrons. The quantitative estimate of drug-likeness (QED) is 0.217. The Bertz CT molecular complexity index is 2040. The highest BCUT2D eigenvalue weighted by molar-refractivity contribution is 5.94. The summed E-state index contributed by atoms with van der Waals surface area (Å²) in [4.78, 5) is 38.6. The normalized spacial score (nSPS) is 20.4. The number of carbonyl (C=O) groups excluding carboxylic acids is 1. The fourth-order valence-corrected chi connectivity index (χ4v) is 8.91. The van der Waals surface area contributed by atoms with Crippen LogP contribution in [0.1, 0.15) is 101 Å². The van der Waals surface area contributed by atoms with Gasteiger partial charge >= 0.3 is 11.8 Å². The van der Waals surface area contributed by atoms with Gasteiger partial charge in [-0.25, -0.2) is 14.3 Å². The lowest BCUT2D eigenvalue weighted by molar-refractivity contribution is -0.0435. The van der Waals surface area contributed by atoms with Crippen molar-refractivity contribution in [1.82, 2.24) is 24.2 Å². The van der Waals surface area contributed by atoms with E-state index in [0.29, 0.717) is 6.54 Å². The molecule has 2 aromatic carbocycles. The Morgan fingerprint density at radius 2 is 1.79 bits per heavy atom. The van der Waals surface area contributed by atoms with E-state index < -0.39 is 5.60 Å². The van der Waals surface area contributed by atoms with Crippen LogP contribution in [0.5, 0.6) is 0 Å². The minimum Gasteiger partial charge on any atom is -0.444 e. The minimum atomic E-state index is -0.503. The van der Waals surface area contributed by atoms with Crippen LogP contribution in [0, 0.1) is 12.3 Å². The van der Waals surface area contributed by atoms with Crippen molar-refractivity contribution in [3.63, 3.8) is 0 Å². The number of ether oxygens (including phenoxy) is 2. The second-order valence-electron chi connectivity index (χ2n) is 16.8. The SMILES string of the molecule is Cc1ccc2c(cnn2C2CCCCO2)c1N1CCc2c(N3CCC4(CC3)CN(C(=O)OC(C)(C)C)C4)nc(=O)n(-c3ccccc3C(C)C)c2C1. The number of para-hydroxylation sites is 1. The summed E-state index contributed by atoms with van der Waals surface area (Å²) < 4.78 is 15.7. The molecule has 276 valence electrons. The predicted octanol–water partition coefficient (Wildman–Crippen LogP) is 7.11. The van der Waals surface area contributed by atoms with E-state index in [2.05, 4.69) is 65.6 Å². The van der Waals surface area contributed by atoms with E-state index in [1.165, 1.54) is 11.3 Å². The summed E-state index contributed by atoms with van der Waals surface area (Å²) in [6.07, 6.45) is 7.59. The summed E-state index contributed by atoms with van der Waals surface area (Å²) in [7, 11) is 0. The van der Waals surface area contributed by atoms with Crippen LogP contribution in [-0.4, -0.2) is 75.3 Å². The van der Waals surface area contributed by atoms with Gasteiger partial charge in [-0.3, -0.25) is 4.57 Å². The van der Waals surface area contributed by atoms with Crippen LogP contribution in [0.2, 0.25) is 0 Å². The first-order valence-electron chi connectivity index (χ1n) is 19.2. The lowest BCUT2D eigenvalue weighted by atomic mass is 9.72. The van der Waals surface area contributed by atoms with Gasteiger partial charge in [0.05, 0.1) is 35.3 Å². The van der Waals surface area contributed by atoms with Crippen LogP contribution in [0.25, 0.3) is 16.6 Å². The number of anilines is 2. The number of nitrogens with zero attached hydrogens (tertiary/aromatic N) is 7. The number of fused-ring (bicyclic) bond motifs is 2. The first-order valence-corrected chi connectivity index (χ1v) is 19.2. The molecular weight excluding hydrogens is 654 g/mol. The molecule has 4 aliphatic heterocycles. The van der Waals surface area contributed by atoms with Gasteiger partial charge in [-0.15, -0.1) is 0 Å². The van der Waals surface area contributed by atoms with Crippen molar-refractivity contribution in [2.75, 3.05) is 49.1 Å². The lowest BCUT2D eigenvalue weighted by Crippen LogP contribution is -2.62. The molecule has 11 heteroatoms. The van der Waals surface area contributed by atoms with Crippen LogP contribution in [0.3, 0.4) is 0 Å². The first-order chi connectivity index (χ1) is 24.9. The van der Waals surface area contributed by atoms with Crippen molar-refractivity contribution < 1.29 is 14.3 Å². The lowest BCUT2D eigenvalue weighted by Gasteiger charge is -2.54. The van der Waals surface area contributed by atoms with E-state index in [9.17, 15) is 9.59 Å². The number of aryl methyl sites for hydroxylation is 1. The average Bonchev–Trinajstić information content (AvgIpc) is 3.54. The van der Waals surface area contributed by atoms with Gasteiger partial charge in [-0.1, -0.05) is 38.1 Å². The van der Waals surface area contributed by atoms with E-state index in [1.807, 2.05) is 42.5 Å². The summed E-state index contributed by atoms with van der Waals surface area (Å²) in [6.45, 7) is 17.4. The van der Waals surface area contributed by atoms with Crippen LogP contribution in [0.4, 0.5) is 16.3 Å². The predicted molar refractivity (Wildman–Crippen MR) is 204 cm³/mol. The Hall–Kier alpha value is -4.38. The molecule has 1 atom stereocenters. The Balaban J connectivity index is 1.13. The summed E-state index contributed by atoms with van der Waals surface area (Å²) in [5, 5.41) is 5.98. The Morgan fingerprint density at radius 3 is 2.50 bits per heavy atom. The van der Waals surface area contributed by atoms with Crippen molar-refractivity contribution in [2.24, 2.45) is 5.41 Å². The number of hydrogen-bond acceptors (Lipinski definition) is 8. The highest BCUT2D eigenvalue weighted by Crippen LogP contribution is 2.43. The van der Waals surface area contributed by atoms with Crippen molar-refractivity contribution in [3.05, 3.63) is 75.5 Å². The number of piperidine rings is 1. The van der Waals surface area contributed by atoms with Gasteiger partial charge in [0, 0.05) is 55.7 Å². The number of benzene rings is 2. The van der Waals surface area contributed by atoms with E-state index in [0.717, 1.165) is 117 Å². The second kappa shape index (κ2) is 13.2. The molecule has 0 bridgehead atoms. The highest BCUT2D eigenvalue weighted by atomic mass is 16.6. The minimum absolute atomic E-state index is 0.0424. The molecule has 1 spiro atoms. The highest BCUT2D eigenvalue weighted by Gasteiger charge is 2.48. The summed E-state index contributed by atoms with van der Waals surface area (Å²) in [5.74, 6) is 1.07. The van der Waals surface area contributed by atoms with E-state index in [-0.39, 0.29) is 29.3 Å². The van der Waals surface area contributed by atoms with Gasteiger partial charge in [-0.2, -0.15) is 10.1 Å². The molecule has 1 unspecified atom stereocenters. The van der Waals surface area contributed by atoms with Gasteiger partial charge < -0.3 is 24.2 Å². The van der Waals surface area contributed by atoms with Gasteiger partial charge in [0.1, 0.15) is 11.4 Å². The summed E-state index contributed by atoms with van der Waals surface area (Å²) in [6, 6.07) is 12.6. The molecule has 4 aromatic rings. The molecule has 0 saturated carbocycles. The first kappa shape index (κ1) is 34.7. The van der Waals surface area contributed by atoms with Crippen molar-refractivity contribution >= 4 is 28.5 Å². The molecule has 3 saturated heterocycles. The average molecular weight is 708 g/mol. The molecule has 11 nitrogen and oxygen atoms in total. The summed E-state index contributed by atoms with van der Waals surface area (Å²) >= 11 is 0. The fraction of sp³-hybridized carbons (Fsp3) is 0.561. The standard InChI is InChI=1S/C41H53N7O4/c1-27(2)29-11-7-8-12-32(29)47-34-24-45(36-28(3)14-15-33-31(36)23-42-48(33)35-13-9-10-22-51-35)19-16-30(34)37(43-38(47)49)44-20-17-41(18-21-44)25-46(26-41)39(50)52-40(4,5)6/h7-8,11-12,14-15,23,27,35H,9-10,13,16-22,24-26H2,1-6H3. The van der Waals surface area contributed by atoms with Crippen molar-refractivity contribution in [3.8, 4) is 5.69 Å². The molecule has 8 rings (SSSR count). The van der Waals surface area contributed by atoms with Gasteiger partial charge in [-0.05, 0) is 95.4 Å². The zero-order valence-corrected chi connectivity index (χ0v) is 31.7. The van der Waals surface area contributed by atoms with E-state index >= 15 is 0 Å². The van der Waals surface area contributed by atoms with Crippen LogP contribution < -0.4 is 15.5 Å². The third kappa shape index (κ3) is 6.24.